The van der Waals surface area contributed by atoms with Gasteiger partial charge in [-0.2, -0.15) is 0 Å². The molecule has 0 fully saturated rings. The highest BCUT2D eigenvalue weighted by molar-refractivity contribution is 6.03. The molecule has 0 aromatic carbocycles. The Morgan fingerprint density at radius 2 is 2.05 bits per heavy atom. The van der Waals surface area contributed by atoms with Crippen molar-refractivity contribution < 1.29 is 0 Å². The van der Waals surface area contributed by atoms with Gasteiger partial charge in [0.2, 0.25) is 0 Å². The highest BCUT2D eigenvalue weighted by Gasteiger charge is 2.09. The van der Waals surface area contributed by atoms with E-state index in [2.05, 4.69) is 37.7 Å². The average molecular weight is 275 g/mol. The van der Waals surface area contributed by atoms with Crippen molar-refractivity contribution in [2.45, 2.75) is 41.0 Å². The number of nitrogens with two attached hydrogens (primary N) is 1. The Kier molecular flexibility index (Phi) is 9.39. The molecule has 0 aromatic rings. The number of hydrogen-bond donors (Lipinski definition) is 2. The SMILES string of the molecule is C=C(C)C(=C(\C)CC)/C(=N\C=C\C)N/C=C/C(C)CN. The molecular weight excluding hydrogens is 246 g/mol. The molecule has 0 saturated heterocycles. The molecule has 0 aromatic heterocycles. The zero-order valence-electron chi connectivity index (χ0n) is 13.5. The number of nitrogens with one attached hydrogen (secondary N) is 1. The molecular formula is C17H29N3. The summed E-state index contributed by atoms with van der Waals surface area (Å²) in [5.41, 5.74) is 8.98. The minimum Gasteiger partial charge on any atom is -0.346 e. The molecule has 0 saturated carbocycles. The van der Waals surface area contributed by atoms with E-state index in [0.29, 0.717) is 12.5 Å². The standard InChI is InChI=1S/C17H29N3/c1-7-10-19-17(20-11-9-14(5)12-18)16(13(3)4)15(6)8-2/h7,9-11,14H,3,8,12,18H2,1-2,4-6H3,(H,19,20)/b10-7+,11-9+,16-15-. The van der Waals surface area contributed by atoms with E-state index in [4.69, 9.17) is 5.73 Å². The molecule has 112 valence electrons. The lowest BCUT2D eigenvalue weighted by atomic mass is 10.00. The summed E-state index contributed by atoms with van der Waals surface area (Å²) in [4.78, 5) is 4.48. The maximum atomic E-state index is 5.60. The highest BCUT2D eigenvalue weighted by atomic mass is 15.0. The van der Waals surface area contributed by atoms with E-state index < -0.39 is 0 Å². The first kappa shape index (κ1) is 18.4. The van der Waals surface area contributed by atoms with Crippen molar-refractivity contribution >= 4 is 5.84 Å². The van der Waals surface area contributed by atoms with Crippen molar-refractivity contribution in [3.8, 4) is 0 Å². The van der Waals surface area contributed by atoms with Crippen LogP contribution in [0.5, 0.6) is 0 Å². The first-order chi connectivity index (χ1) is 9.47. The van der Waals surface area contributed by atoms with Crippen LogP contribution in [0.1, 0.15) is 41.0 Å². The Morgan fingerprint density at radius 1 is 1.40 bits per heavy atom. The lowest BCUT2D eigenvalue weighted by Gasteiger charge is -2.14. The van der Waals surface area contributed by atoms with Crippen LogP contribution in [0.2, 0.25) is 0 Å². The second-order valence-electron chi connectivity index (χ2n) is 4.97. The molecule has 3 heteroatoms. The minimum atomic E-state index is 0.343. The number of rotatable bonds is 7. The summed E-state index contributed by atoms with van der Waals surface area (Å²) in [6.45, 7) is 15.0. The summed E-state index contributed by atoms with van der Waals surface area (Å²) in [5, 5.41) is 3.26. The van der Waals surface area contributed by atoms with E-state index >= 15 is 0 Å². The molecule has 0 aliphatic rings. The summed E-state index contributed by atoms with van der Waals surface area (Å²) >= 11 is 0. The Morgan fingerprint density at radius 3 is 2.50 bits per heavy atom. The third-order valence-corrected chi connectivity index (χ3v) is 2.99. The number of nitrogens with zero attached hydrogens (tertiary/aromatic N) is 1. The zero-order valence-corrected chi connectivity index (χ0v) is 13.5. The molecule has 0 radical (unpaired) electrons. The van der Waals surface area contributed by atoms with E-state index in [1.807, 2.05) is 32.2 Å². The van der Waals surface area contributed by atoms with E-state index in [1.54, 1.807) is 6.20 Å². The third kappa shape index (κ3) is 6.53. The number of aliphatic imine (C=N–C) groups is 1. The number of hydrogen-bond acceptors (Lipinski definition) is 2. The third-order valence-electron chi connectivity index (χ3n) is 2.99. The van der Waals surface area contributed by atoms with Gasteiger partial charge in [-0.1, -0.05) is 38.2 Å². The van der Waals surface area contributed by atoms with Crippen LogP contribution < -0.4 is 11.1 Å². The van der Waals surface area contributed by atoms with Crippen molar-refractivity contribution in [1.82, 2.24) is 5.32 Å². The fraction of sp³-hybridized carbons (Fsp3) is 0.471. The predicted octanol–water partition coefficient (Wildman–Crippen LogP) is 3.92. The van der Waals surface area contributed by atoms with Gasteiger partial charge in [-0.25, -0.2) is 4.99 Å². The normalized spacial score (nSPS) is 15.6. The van der Waals surface area contributed by atoms with Gasteiger partial charge < -0.3 is 11.1 Å². The Bertz CT molecular complexity index is 426. The van der Waals surface area contributed by atoms with Crippen LogP contribution in [0.15, 0.2) is 52.8 Å². The van der Waals surface area contributed by atoms with Gasteiger partial charge in [-0.05, 0) is 51.4 Å². The van der Waals surface area contributed by atoms with Crippen molar-refractivity contribution in [3.05, 3.63) is 47.9 Å². The molecule has 0 aliphatic carbocycles. The molecule has 0 rings (SSSR count). The lowest BCUT2D eigenvalue weighted by Crippen LogP contribution is -2.22. The first-order valence-corrected chi connectivity index (χ1v) is 7.16. The summed E-state index contributed by atoms with van der Waals surface area (Å²) in [5.74, 6) is 1.17. The summed E-state index contributed by atoms with van der Waals surface area (Å²) in [6, 6.07) is 0. The molecule has 0 bridgehead atoms. The van der Waals surface area contributed by atoms with Gasteiger partial charge in [0.1, 0.15) is 5.84 Å². The van der Waals surface area contributed by atoms with Crippen LogP contribution in [0, 0.1) is 5.92 Å². The van der Waals surface area contributed by atoms with Gasteiger partial charge in [-0.15, -0.1) is 0 Å². The molecule has 1 atom stereocenters. The monoisotopic (exact) mass is 275 g/mol. The van der Waals surface area contributed by atoms with Gasteiger partial charge in [-0.3, -0.25) is 0 Å². The van der Waals surface area contributed by atoms with Crippen LogP contribution >= 0.6 is 0 Å². The van der Waals surface area contributed by atoms with Crippen LogP contribution in [0.25, 0.3) is 0 Å². The van der Waals surface area contributed by atoms with Crippen LogP contribution in [0.4, 0.5) is 0 Å². The molecule has 0 amide bonds. The highest BCUT2D eigenvalue weighted by Crippen LogP contribution is 2.17. The quantitative estimate of drug-likeness (QED) is 0.420. The zero-order chi connectivity index (χ0) is 15.5. The van der Waals surface area contributed by atoms with Gasteiger partial charge in [0.25, 0.3) is 0 Å². The van der Waals surface area contributed by atoms with Crippen molar-refractivity contribution in [2.75, 3.05) is 6.54 Å². The molecule has 0 spiro atoms. The lowest BCUT2D eigenvalue weighted by molar-refractivity contribution is 0.736. The van der Waals surface area contributed by atoms with Gasteiger partial charge in [0.05, 0.1) is 0 Å². The fourth-order valence-corrected chi connectivity index (χ4v) is 1.64. The van der Waals surface area contributed by atoms with Crippen molar-refractivity contribution in [2.24, 2.45) is 16.6 Å². The van der Waals surface area contributed by atoms with E-state index in [9.17, 15) is 0 Å². The van der Waals surface area contributed by atoms with E-state index in [-0.39, 0.29) is 0 Å². The number of allylic oxidation sites excluding steroid dienone is 2. The first-order valence-electron chi connectivity index (χ1n) is 7.16. The van der Waals surface area contributed by atoms with Gasteiger partial charge in [0.15, 0.2) is 0 Å². The number of amidine groups is 1. The predicted molar refractivity (Wildman–Crippen MR) is 90.5 cm³/mol. The van der Waals surface area contributed by atoms with Crippen molar-refractivity contribution in [3.63, 3.8) is 0 Å². The van der Waals surface area contributed by atoms with E-state index in [0.717, 1.165) is 23.4 Å². The molecule has 3 N–H and O–H groups in total. The smallest absolute Gasteiger partial charge is 0.137 e. The van der Waals surface area contributed by atoms with Gasteiger partial charge in [0, 0.05) is 11.8 Å². The van der Waals surface area contributed by atoms with Crippen LogP contribution in [-0.2, 0) is 0 Å². The minimum absolute atomic E-state index is 0.343. The van der Waals surface area contributed by atoms with Gasteiger partial charge >= 0.3 is 0 Å². The Balaban J connectivity index is 5.35. The summed E-state index contributed by atoms with van der Waals surface area (Å²) < 4.78 is 0. The Labute approximate surface area is 124 Å². The summed E-state index contributed by atoms with van der Waals surface area (Å²) in [7, 11) is 0. The molecule has 0 heterocycles. The van der Waals surface area contributed by atoms with Crippen LogP contribution in [0.3, 0.4) is 0 Å². The maximum Gasteiger partial charge on any atom is 0.137 e. The second-order valence-corrected chi connectivity index (χ2v) is 4.97. The Hall–Kier alpha value is -1.61. The topological polar surface area (TPSA) is 50.4 Å². The molecule has 0 aliphatic heterocycles. The maximum absolute atomic E-state index is 5.60. The average Bonchev–Trinajstić information content (AvgIpc) is 2.43. The van der Waals surface area contributed by atoms with E-state index in [1.165, 1.54) is 5.57 Å². The van der Waals surface area contributed by atoms with Crippen molar-refractivity contribution in [1.29, 1.82) is 0 Å². The largest absolute Gasteiger partial charge is 0.346 e. The summed E-state index contributed by atoms with van der Waals surface area (Å²) in [6.07, 6.45) is 8.62. The molecule has 20 heavy (non-hydrogen) atoms. The molecule has 1 unspecified atom stereocenters. The van der Waals surface area contributed by atoms with Crippen LogP contribution in [-0.4, -0.2) is 12.4 Å². The second kappa shape index (κ2) is 10.2. The fourth-order valence-electron chi connectivity index (χ4n) is 1.64. The molecule has 3 nitrogen and oxygen atoms in total.